The molecule has 3 radical (unpaired) electrons. The molecule has 0 aliphatic carbocycles. The van der Waals surface area contributed by atoms with E-state index in [9.17, 15) is 0 Å². The standard InChI is InChI=1S/Au.Ir.Pd.Pt.Rh. The minimum Gasteiger partial charge on any atom is 0 e. The molecule has 0 atom stereocenters. The van der Waals surface area contributed by atoms with Crippen molar-refractivity contribution in [3.8, 4) is 0 Å². The first-order valence-electron chi connectivity index (χ1n) is 0. The molecule has 0 bridgehead atoms. The van der Waals surface area contributed by atoms with Gasteiger partial charge in [0, 0.05) is 103 Å². The smallest absolute Gasteiger partial charge is 0 e. The maximum absolute atomic E-state index is 0. The van der Waals surface area contributed by atoms with Crippen molar-refractivity contribution in [2.45, 2.75) is 0 Å². The molecular weight excluding hydrogens is 794 g/mol. The van der Waals surface area contributed by atoms with E-state index in [1.54, 1.807) is 0 Å². The van der Waals surface area contributed by atoms with Gasteiger partial charge < -0.3 is 0 Å². The molecule has 0 rings (SSSR count). The molecule has 5 heavy (non-hydrogen) atoms. The normalized spacial score (nSPS) is 0. The molecule has 0 aliphatic rings. The zero-order valence-electron chi connectivity index (χ0n) is 1.60. The van der Waals surface area contributed by atoms with Crippen molar-refractivity contribution >= 4 is 0 Å². The van der Waals surface area contributed by atoms with E-state index in [1.807, 2.05) is 0 Å². The van der Waals surface area contributed by atoms with Gasteiger partial charge in [-0.05, 0) is 0 Å². The molecule has 0 amide bonds. The summed E-state index contributed by atoms with van der Waals surface area (Å²) in [4.78, 5) is 0. The van der Waals surface area contributed by atoms with Crippen LogP contribution in [0.15, 0.2) is 0 Å². The zero-order chi connectivity index (χ0) is 0. The summed E-state index contributed by atoms with van der Waals surface area (Å²) in [5.41, 5.74) is 0. The van der Waals surface area contributed by atoms with Gasteiger partial charge in [0.2, 0.25) is 0 Å². The van der Waals surface area contributed by atoms with Gasteiger partial charge in [-0.3, -0.25) is 0 Å². The molecule has 0 saturated carbocycles. The van der Waals surface area contributed by atoms with Gasteiger partial charge in [-0.1, -0.05) is 0 Å². The molecule has 0 spiro atoms. The summed E-state index contributed by atoms with van der Waals surface area (Å²) in [7, 11) is 0. The Kier molecular flexibility index (Phi) is 211. The maximum atomic E-state index is 0. The Balaban J connectivity index is 0. The zero-order valence-corrected chi connectivity index (χ0v) is 11.6. The monoisotopic (exact) mass is 794 g/mol. The van der Waals surface area contributed by atoms with E-state index in [-0.39, 0.29) is 103 Å². The molecule has 0 N–H and O–H groups in total. The van der Waals surface area contributed by atoms with Gasteiger partial charge in [0.25, 0.3) is 0 Å². The quantitative estimate of drug-likeness (QED) is 0.304. The van der Waals surface area contributed by atoms with E-state index in [4.69, 9.17) is 0 Å². The van der Waals surface area contributed by atoms with Gasteiger partial charge in [-0.2, -0.15) is 0 Å². The van der Waals surface area contributed by atoms with Gasteiger partial charge in [0.15, 0.2) is 0 Å². The summed E-state index contributed by atoms with van der Waals surface area (Å²) in [5.74, 6) is 0. The Morgan fingerprint density at radius 3 is 1.00 bits per heavy atom. The van der Waals surface area contributed by atoms with Crippen LogP contribution in [0.3, 0.4) is 0 Å². The third kappa shape index (κ3) is 18.7. The third-order valence-corrected chi connectivity index (χ3v) is 0. The summed E-state index contributed by atoms with van der Waals surface area (Å²) in [6, 6.07) is 0. The second-order valence-corrected chi connectivity index (χ2v) is 0. The summed E-state index contributed by atoms with van der Waals surface area (Å²) < 4.78 is 0. The van der Waals surface area contributed by atoms with Crippen molar-refractivity contribution in [3.63, 3.8) is 0 Å². The molecular formula is AuIrPdPtRh. The first-order valence-corrected chi connectivity index (χ1v) is 0. The van der Waals surface area contributed by atoms with Gasteiger partial charge in [0.05, 0.1) is 0 Å². The predicted octanol–water partition coefficient (Wildman–Crippen LogP) is -0.0125. The SMILES string of the molecule is [Au].[Ir].[Pd].[Pt].[Rh]. The minimum atomic E-state index is 0. The summed E-state index contributed by atoms with van der Waals surface area (Å²) in [5, 5.41) is 0. The first kappa shape index (κ1) is 40.1. The van der Waals surface area contributed by atoms with Gasteiger partial charge in [0.1, 0.15) is 0 Å². The predicted molar refractivity (Wildman–Crippen MR) is 0 cm³/mol. The van der Waals surface area contributed by atoms with Crippen LogP contribution in [-0.2, 0) is 103 Å². The molecule has 0 heterocycles. The average Bonchev–Trinajstić information content (AvgIpc) is 0. The largest absolute Gasteiger partial charge is 0 e. The van der Waals surface area contributed by atoms with Gasteiger partial charge in [-0.15, -0.1) is 0 Å². The van der Waals surface area contributed by atoms with E-state index in [0.29, 0.717) is 0 Å². The third-order valence-electron chi connectivity index (χ3n) is 0. The van der Waals surface area contributed by atoms with E-state index in [1.165, 1.54) is 0 Å². The molecule has 0 fully saturated rings. The van der Waals surface area contributed by atoms with Crippen molar-refractivity contribution in [1.29, 1.82) is 0 Å². The summed E-state index contributed by atoms with van der Waals surface area (Å²) in [6.07, 6.45) is 0. The van der Waals surface area contributed by atoms with Crippen molar-refractivity contribution in [1.82, 2.24) is 0 Å². The second kappa shape index (κ2) is 26.4. The van der Waals surface area contributed by atoms with E-state index in [2.05, 4.69) is 0 Å². The van der Waals surface area contributed by atoms with Crippen LogP contribution in [0, 0.1) is 0 Å². The fourth-order valence-electron chi connectivity index (χ4n) is 0. The molecule has 0 unspecified atom stereocenters. The molecule has 0 saturated heterocycles. The maximum Gasteiger partial charge on any atom is 0 e. The van der Waals surface area contributed by atoms with Crippen molar-refractivity contribution in [2.24, 2.45) is 0 Å². The Morgan fingerprint density at radius 2 is 1.00 bits per heavy atom. The van der Waals surface area contributed by atoms with Crippen LogP contribution in [0.1, 0.15) is 0 Å². The van der Waals surface area contributed by atoms with Crippen LogP contribution in [0.25, 0.3) is 0 Å². The number of rotatable bonds is 0. The fraction of sp³-hybridized carbons (Fsp3) is 0. The molecule has 0 aromatic heterocycles. The van der Waals surface area contributed by atoms with Crippen LogP contribution in [0.4, 0.5) is 0 Å². The minimum absolute atomic E-state index is 0. The number of hydrogen-bond acceptors (Lipinski definition) is 0. The second-order valence-electron chi connectivity index (χ2n) is 0. The van der Waals surface area contributed by atoms with Crippen LogP contribution in [0.2, 0.25) is 0 Å². The van der Waals surface area contributed by atoms with Crippen LogP contribution < -0.4 is 0 Å². The topological polar surface area (TPSA) is 0 Å². The number of hydrogen-bond donors (Lipinski definition) is 0. The molecule has 0 aromatic carbocycles. The first-order chi connectivity index (χ1) is 0. The van der Waals surface area contributed by atoms with Crippen LogP contribution >= 0.6 is 0 Å². The fourth-order valence-corrected chi connectivity index (χ4v) is 0. The van der Waals surface area contributed by atoms with Crippen molar-refractivity contribution < 1.29 is 103 Å². The van der Waals surface area contributed by atoms with E-state index in [0.717, 1.165) is 0 Å². The van der Waals surface area contributed by atoms with Crippen molar-refractivity contribution in [3.05, 3.63) is 0 Å². The van der Waals surface area contributed by atoms with E-state index < -0.39 is 0 Å². The Hall–Kier alpha value is 3.36. The average molecular weight is 794 g/mol. The van der Waals surface area contributed by atoms with E-state index >= 15 is 0 Å². The molecule has 0 aromatic rings. The molecule has 0 aliphatic heterocycles. The van der Waals surface area contributed by atoms with Crippen LogP contribution in [-0.4, -0.2) is 0 Å². The van der Waals surface area contributed by atoms with Crippen molar-refractivity contribution in [2.75, 3.05) is 0 Å². The van der Waals surface area contributed by atoms with Crippen LogP contribution in [0.5, 0.6) is 0 Å². The Bertz CT molecular complexity index is 11.6. The Morgan fingerprint density at radius 1 is 1.00 bits per heavy atom. The molecule has 5 heteroatoms. The van der Waals surface area contributed by atoms with Gasteiger partial charge >= 0.3 is 0 Å². The molecule has 49 valence electrons. The summed E-state index contributed by atoms with van der Waals surface area (Å²) in [6.45, 7) is 0. The molecule has 0 nitrogen and oxygen atoms in total. The summed E-state index contributed by atoms with van der Waals surface area (Å²) >= 11 is 0. The Labute approximate surface area is 102 Å². The van der Waals surface area contributed by atoms with Gasteiger partial charge in [-0.25, -0.2) is 0 Å².